The Labute approximate surface area is 144 Å². The van der Waals surface area contributed by atoms with E-state index < -0.39 is 0 Å². The summed E-state index contributed by atoms with van der Waals surface area (Å²) in [5.74, 6) is 0.105. The van der Waals surface area contributed by atoms with Gasteiger partial charge in [-0.15, -0.1) is 0 Å². The number of aromatic nitrogens is 2. The third-order valence-corrected chi connectivity index (χ3v) is 4.59. The number of ether oxygens (including phenoxy) is 1. The number of amides is 1. The lowest BCUT2D eigenvalue weighted by Crippen LogP contribution is -2.42. The molecule has 1 atom stereocenters. The van der Waals surface area contributed by atoms with Crippen molar-refractivity contribution >= 4 is 29.1 Å². The smallest absolute Gasteiger partial charge is 0.224 e. The molecule has 2 aromatic rings. The minimum atomic E-state index is -0.174. The molecule has 7 heteroatoms. The summed E-state index contributed by atoms with van der Waals surface area (Å²) in [5.41, 5.74) is 0.934. The Morgan fingerprint density at radius 1 is 1.35 bits per heavy atom. The second kappa shape index (κ2) is 7.34. The lowest BCUT2D eigenvalue weighted by Gasteiger charge is -2.33. The van der Waals surface area contributed by atoms with Gasteiger partial charge in [-0.2, -0.15) is 5.10 Å². The van der Waals surface area contributed by atoms with Crippen molar-refractivity contribution in [1.29, 1.82) is 0 Å². The molecule has 0 bridgehead atoms. The molecule has 1 aromatic carbocycles. The largest absolute Gasteiger partial charge is 0.370 e. The molecule has 1 saturated heterocycles. The number of carbonyl (C=O) groups is 1. The molecule has 1 aromatic heterocycles. The predicted molar refractivity (Wildman–Crippen MR) is 88.6 cm³/mol. The van der Waals surface area contributed by atoms with Crippen LogP contribution in [0.4, 0.5) is 0 Å². The van der Waals surface area contributed by atoms with Gasteiger partial charge in [0.2, 0.25) is 5.91 Å². The fraction of sp³-hybridized carbons (Fsp3) is 0.375. The molecule has 2 heterocycles. The molecule has 5 nitrogen and oxygen atoms in total. The maximum absolute atomic E-state index is 12.4. The highest BCUT2D eigenvalue weighted by Gasteiger charge is 2.25. The monoisotopic (exact) mass is 353 g/mol. The molecule has 1 aliphatic rings. The first kappa shape index (κ1) is 16.3. The van der Waals surface area contributed by atoms with Crippen LogP contribution in [0.15, 0.2) is 36.7 Å². The van der Waals surface area contributed by atoms with Gasteiger partial charge >= 0.3 is 0 Å². The Morgan fingerprint density at radius 3 is 2.96 bits per heavy atom. The van der Waals surface area contributed by atoms with E-state index >= 15 is 0 Å². The second-order valence-corrected chi connectivity index (χ2v) is 6.21. The Morgan fingerprint density at radius 2 is 2.22 bits per heavy atom. The summed E-state index contributed by atoms with van der Waals surface area (Å²) in [7, 11) is 0. The van der Waals surface area contributed by atoms with Gasteiger partial charge in [0.15, 0.2) is 0 Å². The van der Waals surface area contributed by atoms with Crippen LogP contribution in [0.1, 0.15) is 18.1 Å². The second-order valence-electron chi connectivity index (χ2n) is 5.39. The molecular formula is C16H17Cl2N3O2. The highest BCUT2D eigenvalue weighted by molar-refractivity contribution is 6.42. The summed E-state index contributed by atoms with van der Waals surface area (Å²) in [6, 6.07) is 7.28. The lowest BCUT2D eigenvalue weighted by molar-refractivity contribution is -0.139. The maximum Gasteiger partial charge on any atom is 0.224 e. The van der Waals surface area contributed by atoms with E-state index in [1.165, 1.54) is 0 Å². The standard InChI is InChI=1S/C16H17Cl2N3O2/c17-13-3-2-12(10-14(13)18)15-11-20(8-9-23-15)16(22)4-7-21-6-1-5-19-21/h1-3,5-6,10,15H,4,7-9,11H2/t15-/m1/s1. The third kappa shape index (κ3) is 4.05. The molecule has 0 saturated carbocycles. The molecule has 0 unspecified atom stereocenters. The van der Waals surface area contributed by atoms with Crippen LogP contribution in [0, 0.1) is 0 Å². The average Bonchev–Trinajstić information content (AvgIpc) is 3.09. The van der Waals surface area contributed by atoms with Crippen LogP contribution >= 0.6 is 23.2 Å². The molecule has 23 heavy (non-hydrogen) atoms. The summed E-state index contributed by atoms with van der Waals surface area (Å²) in [4.78, 5) is 14.2. The van der Waals surface area contributed by atoms with Gasteiger partial charge in [0.25, 0.3) is 0 Å². The highest BCUT2D eigenvalue weighted by Crippen LogP contribution is 2.29. The van der Waals surface area contributed by atoms with Crippen molar-refractivity contribution in [3.8, 4) is 0 Å². The summed E-state index contributed by atoms with van der Waals surface area (Å²) in [6.45, 7) is 2.23. The number of benzene rings is 1. The van der Waals surface area contributed by atoms with E-state index in [0.29, 0.717) is 42.7 Å². The number of hydrogen-bond acceptors (Lipinski definition) is 3. The predicted octanol–water partition coefficient (Wildman–Crippen LogP) is 3.18. The van der Waals surface area contributed by atoms with Gasteiger partial charge in [0.1, 0.15) is 6.10 Å². The van der Waals surface area contributed by atoms with Gasteiger partial charge in [-0.1, -0.05) is 29.3 Å². The number of aryl methyl sites for hydroxylation is 1. The molecule has 1 amide bonds. The normalized spacial score (nSPS) is 18.2. The number of rotatable bonds is 4. The van der Waals surface area contributed by atoms with Crippen molar-refractivity contribution in [2.24, 2.45) is 0 Å². The molecule has 0 spiro atoms. The summed E-state index contributed by atoms with van der Waals surface area (Å²) >= 11 is 12.0. The van der Waals surface area contributed by atoms with Gasteiger partial charge in [0, 0.05) is 31.9 Å². The SMILES string of the molecule is O=C(CCn1cccn1)N1CCO[C@@H](c2ccc(Cl)c(Cl)c2)C1. The zero-order valence-corrected chi connectivity index (χ0v) is 14.0. The van der Waals surface area contributed by atoms with Gasteiger partial charge in [-0.25, -0.2) is 0 Å². The Bertz CT molecular complexity index is 676. The van der Waals surface area contributed by atoms with Crippen molar-refractivity contribution < 1.29 is 9.53 Å². The number of nitrogens with zero attached hydrogens (tertiary/aromatic N) is 3. The summed E-state index contributed by atoms with van der Waals surface area (Å²) in [6.07, 6.45) is 3.81. The third-order valence-electron chi connectivity index (χ3n) is 3.85. The topological polar surface area (TPSA) is 47.4 Å². The van der Waals surface area contributed by atoms with Crippen LogP contribution in [-0.2, 0) is 16.1 Å². The van der Waals surface area contributed by atoms with Gasteiger partial charge < -0.3 is 9.64 Å². The molecule has 0 radical (unpaired) electrons. The summed E-state index contributed by atoms with van der Waals surface area (Å²) in [5, 5.41) is 5.12. The first-order valence-corrected chi connectivity index (χ1v) is 8.21. The van der Waals surface area contributed by atoms with Gasteiger partial charge in [0.05, 0.1) is 23.2 Å². The van der Waals surface area contributed by atoms with Crippen molar-refractivity contribution in [3.63, 3.8) is 0 Å². The Kier molecular flexibility index (Phi) is 5.20. The number of carbonyl (C=O) groups excluding carboxylic acids is 1. The molecule has 1 fully saturated rings. The molecular weight excluding hydrogens is 337 g/mol. The van der Waals surface area contributed by atoms with Crippen molar-refractivity contribution in [3.05, 3.63) is 52.3 Å². The average molecular weight is 354 g/mol. The van der Waals surface area contributed by atoms with E-state index in [1.54, 1.807) is 23.0 Å². The van der Waals surface area contributed by atoms with Crippen LogP contribution in [0.3, 0.4) is 0 Å². The minimum Gasteiger partial charge on any atom is -0.370 e. The molecule has 3 rings (SSSR count). The van der Waals surface area contributed by atoms with Crippen LogP contribution in [-0.4, -0.2) is 40.3 Å². The zero-order chi connectivity index (χ0) is 16.2. The van der Waals surface area contributed by atoms with Crippen LogP contribution < -0.4 is 0 Å². The Balaban J connectivity index is 1.60. The zero-order valence-electron chi connectivity index (χ0n) is 12.5. The molecule has 0 aliphatic carbocycles. The molecule has 0 N–H and O–H groups in total. The van der Waals surface area contributed by atoms with Crippen molar-refractivity contribution in [2.75, 3.05) is 19.7 Å². The van der Waals surface area contributed by atoms with E-state index in [2.05, 4.69) is 5.10 Å². The fourth-order valence-electron chi connectivity index (χ4n) is 2.59. The quantitative estimate of drug-likeness (QED) is 0.847. The van der Waals surface area contributed by atoms with Crippen molar-refractivity contribution in [2.45, 2.75) is 19.1 Å². The van der Waals surface area contributed by atoms with E-state index in [-0.39, 0.29) is 12.0 Å². The highest BCUT2D eigenvalue weighted by atomic mass is 35.5. The maximum atomic E-state index is 12.4. The fourth-order valence-corrected chi connectivity index (χ4v) is 2.90. The summed E-state index contributed by atoms with van der Waals surface area (Å²) < 4.78 is 7.54. The van der Waals surface area contributed by atoms with E-state index in [1.807, 2.05) is 23.2 Å². The van der Waals surface area contributed by atoms with Gasteiger partial charge in [-0.3, -0.25) is 9.48 Å². The minimum absolute atomic E-state index is 0.105. The number of morpholine rings is 1. The van der Waals surface area contributed by atoms with E-state index in [9.17, 15) is 4.79 Å². The van der Waals surface area contributed by atoms with Crippen LogP contribution in [0.25, 0.3) is 0 Å². The lowest BCUT2D eigenvalue weighted by atomic mass is 10.1. The number of halogens is 2. The van der Waals surface area contributed by atoms with Crippen molar-refractivity contribution in [1.82, 2.24) is 14.7 Å². The van der Waals surface area contributed by atoms with Crippen LogP contribution in [0.2, 0.25) is 10.0 Å². The van der Waals surface area contributed by atoms with E-state index in [4.69, 9.17) is 27.9 Å². The first-order valence-electron chi connectivity index (χ1n) is 7.45. The van der Waals surface area contributed by atoms with E-state index in [0.717, 1.165) is 5.56 Å². The Hall–Kier alpha value is -1.56. The number of hydrogen-bond donors (Lipinski definition) is 0. The molecule has 122 valence electrons. The van der Waals surface area contributed by atoms with Gasteiger partial charge in [-0.05, 0) is 23.8 Å². The van der Waals surface area contributed by atoms with Crippen LogP contribution in [0.5, 0.6) is 0 Å². The molecule has 1 aliphatic heterocycles. The first-order chi connectivity index (χ1) is 11.1.